The van der Waals surface area contributed by atoms with Gasteiger partial charge >= 0.3 is 7.12 Å². The molecule has 3 nitrogen and oxygen atoms in total. The summed E-state index contributed by atoms with van der Waals surface area (Å²) >= 11 is 0. The standard InChI is InChI=1S/C10H17BO3/c12-9-7-8(11(13)14)10(9)5-3-1-2-4-6-10/h8,13-14H,1-7H2. The molecule has 14 heavy (non-hydrogen) atoms. The van der Waals surface area contributed by atoms with Gasteiger partial charge in [0.1, 0.15) is 5.78 Å². The summed E-state index contributed by atoms with van der Waals surface area (Å²) in [4.78, 5) is 11.7. The van der Waals surface area contributed by atoms with E-state index in [9.17, 15) is 14.8 Å². The van der Waals surface area contributed by atoms with Gasteiger partial charge in [-0.15, -0.1) is 0 Å². The second-order valence-electron chi connectivity index (χ2n) is 4.72. The molecule has 1 spiro atoms. The Kier molecular flexibility index (Phi) is 2.67. The van der Waals surface area contributed by atoms with Gasteiger partial charge in [0.15, 0.2) is 0 Å². The molecule has 0 radical (unpaired) electrons. The van der Waals surface area contributed by atoms with E-state index >= 15 is 0 Å². The van der Waals surface area contributed by atoms with Crippen LogP contribution in [0.5, 0.6) is 0 Å². The third-order valence-corrected chi connectivity index (χ3v) is 4.03. The molecule has 2 aliphatic carbocycles. The lowest BCUT2D eigenvalue weighted by Gasteiger charge is -2.47. The van der Waals surface area contributed by atoms with Gasteiger partial charge in [-0.05, 0) is 12.8 Å². The highest BCUT2D eigenvalue weighted by Gasteiger charge is 2.57. The lowest BCUT2D eigenvalue weighted by molar-refractivity contribution is -0.140. The van der Waals surface area contributed by atoms with Crippen molar-refractivity contribution in [1.82, 2.24) is 0 Å². The van der Waals surface area contributed by atoms with Crippen LogP contribution in [0.1, 0.15) is 44.9 Å². The fourth-order valence-corrected chi connectivity index (χ4v) is 3.07. The molecule has 2 N–H and O–H groups in total. The summed E-state index contributed by atoms with van der Waals surface area (Å²) in [6, 6.07) is 0. The maximum atomic E-state index is 11.7. The summed E-state index contributed by atoms with van der Waals surface area (Å²) in [7, 11) is -1.30. The number of rotatable bonds is 1. The van der Waals surface area contributed by atoms with Gasteiger partial charge in [0, 0.05) is 17.7 Å². The number of carbonyl (C=O) groups is 1. The summed E-state index contributed by atoms with van der Waals surface area (Å²) in [5.74, 6) is 0.0746. The number of carbonyl (C=O) groups excluding carboxylic acids is 1. The molecule has 0 saturated heterocycles. The molecule has 0 heterocycles. The van der Waals surface area contributed by atoms with Gasteiger partial charge in [-0.25, -0.2) is 0 Å². The monoisotopic (exact) mass is 196 g/mol. The topological polar surface area (TPSA) is 57.5 Å². The van der Waals surface area contributed by atoms with Crippen LogP contribution in [0.25, 0.3) is 0 Å². The smallest absolute Gasteiger partial charge is 0.427 e. The van der Waals surface area contributed by atoms with Crippen LogP contribution in [0.15, 0.2) is 0 Å². The first-order valence-electron chi connectivity index (χ1n) is 5.56. The minimum atomic E-state index is -1.30. The molecular weight excluding hydrogens is 179 g/mol. The van der Waals surface area contributed by atoms with Gasteiger partial charge in [0.25, 0.3) is 0 Å². The number of Topliss-reactive ketones (excluding diaryl/α,β-unsaturated/α-hetero) is 1. The molecule has 2 aliphatic rings. The van der Waals surface area contributed by atoms with Crippen LogP contribution in [0.2, 0.25) is 5.82 Å². The van der Waals surface area contributed by atoms with E-state index < -0.39 is 7.12 Å². The zero-order valence-corrected chi connectivity index (χ0v) is 8.41. The highest BCUT2D eigenvalue weighted by Crippen LogP contribution is 2.56. The molecule has 0 aromatic carbocycles. The van der Waals surface area contributed by atoms with E-state index in [1.807, 2.05) is 0 Å². The van der Waals surface area contributed by atoms with E-state index in [1.165, 1.54) is 12.8 Å². The van der Waals surface area contributed by atoms with Crippen molar-refractivity contribution in [2.75, 3.05) is 0 Å². The summed E-state index contributed by atoms with van der Waals surface area (Å²) in [5.41, 5.74) is -0.356. The molecule has 0 bridgehead atoms. The minimum absolute atomic E-state index is 0.187. The summed E-state index contributed by atoms with van der Waals surface area (Å²) in [5, 5.41) is 18.4. The van der Waals surface area contributed by atoms with E-state index in [2.05, 4.69) is 0 Å². The molecule has 2 saturated carbocycles. The molecule has 0 aliphatic heterocycles. The molecular formula is C10H17BO3. The number of hydrogen-bond acceptors (Lipinski definition) is 3. The maximum absolute atomic E-state index is 11.7. The largest absolute Gasteiger partial charge is 0.456 e. The zero-order valence-electron chi connectivity index (χ0n) is 8.41. The highest BCUT2D eigenvalue weighted by atomic mass is 16.4. The quantitative estimate of drug-likeness (QED) is 0.618. The Labute approximate surface area is 84.7 Å². The Morgan fingerprint density at radius 1 is 1.14 bits per heavy atom. The molecule has 0 aromatic rings. The van der Waals surface area contributed by atoms with Gasteiger partial charge in [0.2, 0.25) is 0 Å². The Hall–Kier alpha value is -0.345. The maximum Gasteiger partial charge on any atom is 0.456 e. The molecule has 2 fully saturated rings. The SMILES string of the molecule is O=C1CC(B(O)O)C12CCCCCC2. The second kappa shape index (κ2) is 3.67. The summed E-state index contributed by atoms with van der Waals surface area (Å²) in [6.45, 7) is 0. The van der Waals surface area contributed by atoms with Crippen molar-refractivity contribution in [3.63, 3.8) is 0 Å². The fourth-order valence-electron chi connectivity index (χ4n) is 3.07. The second-order valence-corrected chi connectivity index (χ2v) is 4.72. The molecule has 4 heteroatoms. The van der Waals surface area contributed by atoms with Crippen molar-refractivity contribution < 1.29 is 14.8 Å². The van der Waals surface area contributed by atoms with Crippen molar-refractivity contribution in [3.8, 4) is 0 Å². The lowest BCUT2D eigenvalue weighted by Crippen LogP contribution is -2.52. The van der Waals surface area contributed by atoms with Crippen molar-refractivity contribution >= 4 is 12.9 Å². The zero-order chi connectivity index (χ0) is 10.2. The van der Waals surface area contributed by atoms with Crippen LogP contribution < -0.4 is 0 Å². The van der Waals surface area contributed by atoms with Crippen molar-refractivity contribution in [2.24, 2.45) is 5.41 Å². The normalized spacial score (nSPS) is 31.0. The van der Waals surface area contributed by atoms with E-state index in [0.717, 1.165) is 25.7 Å². The van der Waals surface area contributed by atoms with Crippen LogP contribution in [-0.4, -0.2) is 22.9 Å². The number of hydrogen-bond donors (Lipinski definition) is 2. The first-order valence-corrected chi connectivity index (χ1v) is 5.56. The third kappa shape index (κ3) is 1.41. The van der Waals surface area contributed by atoms with Gasteiger partial charge < -0.3 is 10.0 Å². The van der Waals surface area contributed by atoms with E-state index in [1.54, 1.807) is 0 Å². The predicted molar refractivity (Wildman–Crippen MR) is 53.7 cm³/mol. The van der Waals surface area contributed by atoms with Crippen LogP contribution >= 0.6 is 0 Å². The third-order valence-electron chi connectivity index (χ3n) is 4.03. The molecule has 0 amide bonds. The van der Waals surface area contributed by atoms with Crippen LogP contribution in [0, 0.1) is 5.41 Å². The molecule has 1 atom stereocenters. The van der Waals surface area contributed by atoms with E-state index in [-0.39, 0.29) is 17.0 Å². The first-order chi connectivity index (χ1) is 6.67. The predicted octanol–water partition coefficient (Wildman–Crippen LogP) is 1.14. The summed E-state index contributed by atoms with van der Waals surface area (Å²) in [6.07, 6.45) is 6.61. The average molecular weight is 196 g/mol. The average Bonchev–Trinajstić information content (AvgIpc) is 2.40. The van der Waals surface area contributed by atoms with E-state index in [0.29, 0.717) is 6.42 Å². The van der Waals surface area contributed by atoms with Gasteiger partial charge in [-0.3, -0.25) is 4.79 Å². The number of ketones is 1. The molecule has 78 valence electrons. The first kappa shape index (κ1) is 10.2. The Balaban J connectivity index is 2.13. The highest BCUT2D eigenvalue weighted by molar-refractivity contribution is 6.46. The van der Waals surface area contributed by atoms with Gasteiger partial charge in [-0.2, -0.15) is 0 Å². The fraction of sp³-hybridized carbons (Fsp3) is 0.900. The Bertz CT molecular complexity index is 232. The van der Waals surface area contributed by atoms with Crippen molar-refractivity contribution in [2.45, 2.75) is 50.8 Å². The molecule has 1 unspecified atom stereocenters. The molecule has 0 aromatic heterocycles. The Morgan fingerprint density at radius 2 is 1.71 bits per heavy atom. The van der Waals surface area contributed by atoms with Gasteiger partial charge in [-0.1, -0.05) is 25.7 Å². The van der Waals surface area contributed by atoms with Crippen LogP contribution in [0.4, 0.5) is 0 Å². The van der Waals surface area contributed by atoms with Crippen LogP contribution in [-0.2, 0) is 4.79 Å². The van der Waals surface area contributed by atoms with Crippen molar-refractivity contribution in [3.05, 3.63) is 0 Å². The summed E-state index contributed by atoms with van der Waals surface area (Å²) < 4.78 is 0. The minimum Gasteiger partial charge on any atom is -0.427 e. The van der Waals surface area contributed by atoms with E-state index in [4.69, 9.17) is 0 Å². The Morgan fingerprint density at radius 3 is 2.14 bits per heavy atom. The lowest BCUT2D eigenvalue weighted by atomic mass is 9.43. The molecule has 2 rings (SSSR count). The van der Waals surface area contributed by atoms with Crippen LogP contribution in [0.3, 0.4) is 0 Å². The van der Waals surface area contributed by atoms with Crippen molar-refractivity contribution in [1.29, 1.82) is 0 Å². The van der Waals surface area contributed by atoms with Gasteiger partial charge in [0.05, 0.1) is 0 Å².